The molecule has 114 valence electrons. The number of benzene rings is 2. The van der Waals surface area contributed by atoms with Gasteiger partial charge in [0, 0.05) is 30.7 Å². The Kier molecular flexibility index (Phi) is 4.25. The van der Waals surface area contributed by atoms with E-state index in [1.807, 2.05) is 54.3 Å². The third-order valence-electron chi connectivity index (χ3n) is 4.33. The van der Waals surface area contributed by atoms with Gasteiger partial charge in [-0.1, -0.05) is 48.0 Å². The number of amides is 1. The van der Waals surface area contributed by atoms with Gasteiger partial charge in [-0.2, -0.15) is 0 Å². The quantitative estimate of drug-likeness (QED) is 0.922. The molecule has 0 saturated carbocycles. The van der Waals surface area contributed by atoms with Crippen LogP contribution in [0.15, 0.2) is 54.6 Å². The van der Waals surface area contributed by atoms with Gasteiger partial charge in [-0.05, 0) is 31.5 Å². The number of carbonyl (C=O) groups excluding carboxylic acids is 1. The molecular weight excluding hydrogens is 272 g/mol. The molecule has 1 aliphatic rings. The summed E-state index contributed by atoms with van der Waals surface area (Å²) in [6.07, 6.45) is 0. The molecule has 1 N–H and O–H groups in total. The fraction of sp³-hybridized carbons (Fsp3) is 0.316. The highest BCUT2D eigenvalue weighted by atomic mass is 16.2. The molecule has 0 radical (unpaired) electrons. The number of nitrogens with zero attached hydrogens (tertiary/aromatic N) is 1. The Hall–Kier alpha value is -2.13. The van der Waals surface area contributed by atoms with Crippen LogP contribution in [-0.2, 0) is 0 Å². The molecule has 0 aromatic heterocycles. The number of piperazine rings is 1. The number of carbonyl (C=O) groups is 1. The van der Waals surface area contributed by atoms with Crippen molar-refractivity contribution in [2.45, 2.75) is 25.9 Å². The van der Waals surface area contributed by atoms with Crippen molar-refractivity contribution >= 4 is 5.91 Å². The zero-order valence-corrected chi connectivity index (χ0v) is 13.1. The summed E-state index contributed by atoms with van der Waals surface area (Å²) in [7, 11) is 0. The Morgan fingerprint density at radius 1 is 1.09 bits per heavy atom. The monoisotopic (exact) mass is 294 g/mol. The Balaban J connectivity index is 1.79. The molecule has 2 unspecified atom stereocenters. The summed E-state index contributed by atoms with van der Waals surface area (Å²) in [5.74, 6) is 0.120. The second-order valence-corrected chi connectivity index (χ2v) is 6.04. The molecule has 2 atom stereocenters. The zero-order valence-electron chi connectivity index (χ0n) is 13.1. The Morgan fingerprint density at radius 2 is 1.77 bits per heavy atom. The van der Waals surface area contributed by atoms with Gasteiger partial charge in [-0.3, -0.25) is 4.79 Å². The Labute approximate surface area is 132 Å². The maximum Gasteiger partial charge on any atom is 0.254 e. The summed E-state index contributed by atoms with van der Waals surface area (Å²) in [5.41, 5.74) is 3.18. The highest BCUT2D eigenvalue weighted by Gasteiger charge is 2.29. The van der Waals surface area contributed by atoms with Crippen molar-refractivity contribution < 1.29 is 4.79 Å². The molecule has 2 aromatic carbocycles. The molecule has 1 amide bonds. The van der Waals surface area contributed by atoms with Crippen molar-refractivity contribution in [3.63, 3.8) is 0 Å². The number of aryl methyl sites for hydroxylation is 1. The van der Waals surface area contributed by atoms with Gasteiger partial charge in [0.15, 0.2) is 0 Å². The van der Waals surface area contributed by atoms with Crippen molar-refractivity contribution in [1.29, 1.82) is 0 Å². The minimum Gasteiger partial charge on any atom is -0.333 e. The SMILES string of the molecule is Cc1ccc(C(=O)N2CC(c3ccccc3)NCC2C)cc1. The molecule has 3 nitrogen and oxygen atoms in total. The van der Waals surface area contributed by atoms with Crippen molar-refractivity contribution in [2.24, 2.45) is 0 Å². The first kappa shape index (κ1) is 14.8. The first-order valence-corrected chi connectivity index (χ1v) is 7.81. The lowest BCUT2D eigenvalue weighted by Crippen LogP contribution is -2.53. The van der Waals surface area contributed by atoms with Crippen LogP contribution in [0.2, 0.25) is 0 Å². The fourth-order valence-corrected chi connectivity index (χ4v) is 2.92. The van der Waals surface area contributed by atoms with Gasteiger partial charge in [0.05, 0.1) is 0 Å². The van der Waals surface area contributed by atoms with Gasteiger partial charge >= 0.3 is 0 Å². The van der Waals surface area contributed by atoms with E-state index >= 15 is 0 Å². The summed E-state index contributed by atoms with van der Waals surface area (Å²) in [6.45, 7) is 5.66. The number of hydrogen-bond acceptors (Lipinski definition) is 2. The zero-order chi connectivity index (χ0) is 15.5. The average Bonchev–Trinajstić information content (AvgIpc) is 2.56. The van der Waals surface area contributed by atoms with Crippen LogP contribution in [0.3, 0.4) is 0 Å². The van der Waals surface area contributed by atoms with Crippen LogP contribution in [0.5, 0.6) is 0 Å². The van der Waals surface area contributed by atoms with Crippen molar-refractivity contribution in [2.75, 3.05) is 13.1 Å². The van der Waals surface area contributed by atoms with E-state index in [0.29, 0.717) is 6.54 Å². The van der Waals surface area contributed by atoms with Gasteiger partial charge in [-0.25, -0.2) is 0 Å². The Bertz CT molecular complexity index is 636. The molecule has 0 spiro atoms. The Morgan fingerprint density at radius 3 is 2.45 bits per heavy atom. The predicted octanol–water partition coefficient (Wildman–Crippen LogP) is 3.17. The fourth-order valence-electron chi connectivity index (χ4n) is 2.92. The average molecular weight is 294 g/mol. The molecule has 0 bridgehead atoms. The summed E-state index contributed by atoms with van der Waals surface area (Å²) < 4.78 is 0. The molecule has 3 rings (SSSR count). The maximum absolute atomic E-state index is 12.8. The van der Waals surface area contributed by atoms with Gasteiger partial charge in [0.2, 0.25) is 0 Å². The van der Waals surface area contributed by atoms with Crippen LogP contribution < -0.4 is 5.32 Å². The molecule has 1 saturated heterocycles. The van der Waals surface area contributed by atoms with E-state index in [-0.39, 0.29) is 18.0 Å². The molecule has 22 heavy (non-hydrogen) atoms. The van der Waals surface area contributed by atoms with Gasteiger partial charge < -0.3 is 10.2 Å². The third kappa shape index (κ3) is 3.04. The first-order valence-electron chi connectivity index (χ1n) is 7.81. The lowest BCUT2D eigenvalue weighted by molar-refractivity contribution is 0.0607. The summed E-state index contributed by atoms with van der Waals surface area (Å²) in [6, 6.07) is 18.6. The van der Waals surface area contributed by atoms with Gasteiger partial charge in [0.1, 0.15) is 0 Å². The molecule has 3 heteroatoms. The molecule has 1 fully saturated rings. The van der Waals surface area contributed by atoms with Crippen LogP contribution in [0.25, 0.3) is 0 Å². The van der Waals surface area contributed by atoms with E-state index in [1.54, 1.807) is 0 Å². The van der Waals surface area contributed by atoms with Crippen LogP contribution in [0.1, 0.15) is 34.5 Å². The minimum absolute atomic E-state index is 0.120. The molecule has 1 heterocycles. The van der Waals surface area contributed by atoms with Gasteiger partial charge in [-0.15, -0.1) is 0 Å². The van der Waals surface area contributed by atoms with Crippen LogP contribution in [-0.4, -0.2) is 29.9 Å². The maximum atomic E-state index is 12.8. The van der Waals surface area contributed by atoms with E-state index in [0.717, 1.165) is 12.1 Å². The molecule has 2 aromatic rings. The second kappa shape index (κ2) is 6.32. The van der Waals surface area contributed by atoms with Crippen molar-refractivity contribution in [3.8, 4) is 0 Å². The van der Waals surface area contributed by atoms with E-state index < -0.39 is 0 Å². The van der Waals surface area contributed by atoms with E-state index in [1.165, 1.54) is 11.1 Å². The summed E-state index contributed by atoms with van der Waals surface area (Å²) in [4.78, 5) is 14.8. The topological polar surface area (TPSA) is 32.3 Å². The van der Waals surface area contributed by atoms with Crippen molar-refractivity contribution in [1.82, 2.24) is 10.2 Å². The first-order chi connectivity index (χ1) is 10.6. The largest absolute Gasteiger partial charge is 0.333 e. The predicted molar refractivity (Wildman–Crippen MR) is 88.9 cm³/mol. The number of nitrogens with one attached hydrogen (secondary N) is 1. The molecular formula is C19H22N2O. The smallest absolute Gasteiger partial charge is 0.254 e. The summed E-state index contributed by atoms with van der Waals surface area (Å²) >= 11 is 0. The standard InChI is InChI=1S/C19H22N2O/c1-14-8-10-17(11-9-14)19(22)21-13-18(20-12-15(21)2)16-6-4-3-5-7-16/h3-11,15,18,20H,12-13H2,1-2H3. The van der Waals surface area contributed by atoms with Crippen LogP contribution >= 0.6 is 0 Å². The molecule has 0 aliphatic carbocycles. The van der Waals surface area contributed by atoms with Crippen LogP contribution in [0, 0.1) is 6.92 Å². The number of hydrogen-bond donors (Lipinski definition) is 1. The molecule has 1 aliphatic heterocycles. The third-order valence-corrected chi connectivity index (χ3v) is 4.33. The van der Waals surface area contributed by atoms with E-state index in [9.17, 15) is 4.79 Å². The number of rotatable bonds is 2. The minimum atomic E-state index is 0.120. The lowest BCUT2D eigenvalue weighted by atomic mass is 10.0. The highest BCUT2D eigenvalue weighted by Crippen LogP contribution is 2.21. The van der Waals surface area contributed by atoms with E-state index in [2.05, 4.69) is 24.4 Å². The summed E-state index contributed by atoms with van der Waals surface area (Å²) in [5, 5.41) is 3.54. The lowest BCUT2D eigenvalue weighted by Gasteiger charge is -2.39. The van der Waals surface area contributed by atoms with Crippen molar-refractivity contribution in [3.05, 3.63) is 71.3 Å². The normalized spacial score (nSPS) is 21.6. The van der Waals surface area contributed by atoms with E-state index in [4.69, 9.17) is 0 Å². The van der Waals surface area contributed by atoms with Gasteiger partial charge in [0.25, 0.3) is 5.91 Å². The highest BCUT2D eigenvalue weighted by molar-refractivity contribution is 5.94. The second-order valence-electron chi connectivity index (χ2n) is 6.04. The van der Waals surface area contributed by atoms with Crippen LogP contribution in [0.4, 0.5) is 0 Å².